The minimum absolute atomic E-state index is 0.0867. The number of hydrogen-bond donors (Lipinski definition) is 0. The van der Waals surface area contributed by atoms with Gasteiger partial charge in [-0.15, -0.1) is 11.3 Å². The number of rotatable bonds is 4. The molecule has 1 aromatic carbocycles. The van der Waals surface area contributed by atoms with Gasteiger partial charge in [-0.1, -0.05) is 12.1 Å². The highest BCUT2D eigenvalue weighted by molar-refractivity contribution is 7.09. The van der Waals surface area contributed by atoms with Crippen molar-refractivity contribution in [1.29, 1.82) is 0 Å². The molecule has 0 saturated heterocycles. The van der Waals surface area contributed by atoms with E-state index in [1.54, 1.807) is 29.5 Å². The van der Waals surface area contributed by atoms with Gasteiger partial charge < -0.3 is 14.4 Å². The first-order chi connectivity index (χ1) is 10.7. The molecule has 116 valence electrons. The van der Waals surface area contributed by atoms with Crippen molar-refractivity contribution in [2.75, 3.05) is 20.8 Å². The Kier molecular flexibility index (Phi) is 4.29. The molecule has 1 amide bonds. The molecule has 3 rings (SSSR count). The predicted octanol–water partition coefficient (Wildman–Crippen LogP) is 2.36. The highest BCUT2D eigenvalue weighted by Crippen LogP contribution is 2.36. The number of methoxy groups -OCH3 is 1. The fourth-order valence-corrected chi connectivity index (χ4v) is 3.31. The zero-order chi connectivity index (χ0) is 15.5. The Morgan fingerprint density at radius 3 is 3.14 bits per heavy atom. The molecule has 1 aromatic heterocycles. The lowest BCUT2D eigenvalue weighted by molar-refractivity contribution is -0.136. The van der Waals surface area contributed by atoms with Crippen LogP contribution in [0.15, 0.2) is 29.8 Å². The number of thiazole rings is 1. The van der Waals surface area contributed by atoms with Crippen LogP contribution in [0.1, 0.15) is 10.6 Å². The zero-order valence-corrected chi connectivity index (χ0v) is 13.4. The molecule has 0 radical (unpaired) electrons. The number of ether oxygens (including phenoxy) is 2. The van der Waals surface area contributed by atoms with E-state index in [2.05, 4.69) is 4.98 Å². The van der Waals surface area contributed by atoms with E-state index in [9.17, 15) is 4.79 Å². The quantitative estimate of drug-likeness (QED) is 0.868. The van der Waals surface area contributed by atoms with Crippen LogP contribution in [0.2, 0.25) is 0 Å². The number of aromatic nitrogens is 1. The zero-order valence-electron chi connectivity index (χ0n) is 12.6. The Bertz CT molecular complexity index is 657. The largest absolute Gasteiger partial charge is 0.493 e. The van der Waals surface area contributed by atoms with E-state index in [4.69, 9.17) is 9.47 Å². The Morgan fingerprint density at radius 2 is 2.41 bits per heavy atom. The Morgan fingerprint density at radius 1 is 1.55 bits per heavy atom. The van der Waals surface area contributed by atoms with Crippen LogP contribution in [-0.4, -0.2) is 36.6 Å². The van der Waals surface area contributed by atoms with Gasteiger partial charge in [0.2, 0.25) is 5.91 Å². The maximum absolute atomic E-state index is 12.6. The van der Waals surface area contributed by atoms with E-state index in [1.165, 1.54) is 0 Å². The van der Waals surface area contributed by atoms with Gasteiger partial charge >= 0.3 is 0 Å². The number of amides is 1. The summed E-state index contributed by atoms with van der Waals surface area (Å²) in [6.45, 7) is 0.923. The molecule has 2 aromatic rings. The summed E-state index contributed by atoms with van der Waals surface area (Å²) < 4.78 is 11.1. The summed E-state index contributed by atoms with van der Waals surface area (Å²) in [6, 6.07) is 5.78. The molecule has 0 N–H and O–H groups in total. The van der Waals surface area contributed by atoms with Crippen molar-refractivity contribution < 1.29 is 14.3 Å². The number of carbonyl (C=O) groups is 1. The van der Waals surface area contributed by atoms with Gasteiger partial charge in [0.1, 0.15) is 11.6 Å². The van der Waals surface area contributed by atoms with Gasteiger partial charge in [-0.05, 0) is 18.1 Å². The van der Waals surface area contributed by atoms with Gasteiger partial charge in [0.15, 0.2) is 11.5 Å². The van der Waals surface area contributed by atoms with Crippen molar-refractivity contribution in [3.63, 3.8) is 0 Å². The minimum atomic E-state index is -0.162. The Hall–Kier alpha value is -2.08. The van der Waals surface area contributed by atoms with Gasteiger partial charge in [-0.3, -0.25) is 4.79 Å². The standard InChI is InChI=1S/C16H18N2O3S/c1-18(9-14-17-6-7-22-14)16(19)12-8-11-4-3-5-13(20-2)15(11)21-10-12/h3-7,12H,8-10H2,1-2H3/t12-/m1/s1. The van der Waals surface area contributed by atoms with Crippen molar-refractivity contribution >= 4 is 17.2 Å². The molecule has 1 aliphatic rings. The maximum atomic E-state index is 12.6. The second-order valence-corrected chi connectivity index (χ2v) is 6.26. The van der Waals surface area contributed by atoms with Crippen LogP contribution in [-0.2, 0) is 17.8 Å². The van der Waals surface area contributed by atoms with E-state index >= 15 is 0 Å². The summed E-state index contributed by atoms with van der Waals surface area (Å²) in [4.78, 5) is 18.5. The summed E-state index contributed by atoms with van der Waals surface area (Å²) in [7, 11) is 3.43. The summed E-state index contributed by atoms with van der Waals surface area (Å²) >= 11 is 1.56. The van der Waals surface area contributed by atoms with Gasteiger partial charge in [0.25, 0.3) is 0 Å². The molecule has 5 nitrogen and oxygen atoms in total. The molecule has 0 spiro atoms. The van der Waals surface area contributed by atoms with Crippen LogP contribution < -0.4 is 9.47 Å². The number of hydrogen-bond acceptors (Lipinski definition) is 5. The summed E-state index contributed by atoms with van der Waals surface area (Å²) in [6.07, 6.45) is 2.43. The summed E-state index contributed by atoms with van der Waals surface area (Å²) in [5, 5.41) is 2.86. The molecule has 2 heterocycles. The summed E-state index contributed by atoms with van der Waals surface area (Å²) in [5.41, 5.74) is 1.02. The first-order valence-electron chi connectivity index (χ1n) is 7.11. The van der Waals surface area contributed by atoms with Crippen LogP contribution >= 0.6 is 11.3 Å². The topological polar surface area (TPSA) is 51.7 Å². The van der Waals surface area contributed by atoms with E-state index in [-0.39, 0.29) is 11.8 Å². The van der Waals surface area contributed by atoms with Crippen molar-refractivity contribution in [3.05, 3.63) is 40.3 Å². The fraction of sp³-hybridized carbons (Fsp3) is 0.375. The second kappa shape index (κ2) is 6.36. The van der Waals surface area contributed by atoms with Crippen molar-refractivity contribution in [2.45, 2.75) is 13.0 Å². The van der Waals surface area contributed by atoms with Gasteiger partial charge in [0.05, 0.1) is 19.6 Å². The molecule has 0 unspecified atom stereocenters. The first-order valence-corrected chi connectivity index (χ1v) is 7.99. The smallest absolute Gasteiger partial charge is 0.229 e. The van der Waals surface area contributed by atoms with Crippen LogP contribution in [0, 0.1) is 5.92 Å². The molecule has 6 heteroatoms. The molecule has 1 aliphatic heterocycles. The normalized spacial score (nSPS) is 16.5. The SMILES string of the molecule is COc1cccc2c1OC[C@H](C(=O)N(C)Cc1nccs1)C2. The highest BCUT2D eigenvalue weighted by atomic mass is 32.1. The maximum Gasteiger partial charge on any atom is 0.229 e. The fourth-order valence-electron chi connectivity index (χ4n) is 2.64. The van der Waals surface area contributed by atoms with Gasteiger partial charge in [-0.25, -0.2) is 4.98 Å². The molecular formula is C16H18N2O3S. The third-order valence-corrected chi connectivity index (χ3v) is 4.52. The number of fused-ring (bicyclic) bond motifs is 1. The van der Waals surface area contributed by atoms with Crippen LogP contribution in [0.4, 0.5) is 0 Å². The van der Waals surface area contributed by atoms with Crippen molar-refractivity contribution in [1.82, 2.24) is 9.88 Å². The highest BCUT2D eigenvalue weighted by Gasteiger charge is 2.29. The first kappa shape index (κ1) is 14.8. The number of nitrogens with zero attached hydrogens (tertiary/aromatic N) is 2. The molecule has 0 fully saturated rings. The van der Waals surface area contributed by atoms with Crippen LogP contribution in [0.25, 0.3) is 0 Å². The third kappa shape index (κ3) is 2.92. The monoisotopic (exact) mass is 318 g/mol. The molecule has 0 saturated carbocycles. The van der Waals surface area contributed by atoms with Gasteiger partial charge in [0, 0.05) is 18.6 Å². The van der Waals surface area contributed by atoms with Crippen LogP contribution in [0.5, 0.6) is 11.5 Å². The van der Waals surface area contributed by atoms with E-state index in [1.807, 2.05) is 30.6 Å². The lowest BCUT2D eigenvalue weighted by atomic mass is 9.95. The number of benzene rings is 1. The van der Waals surface area contributed by atoms with Gasteiger partial charge in [-0.2, -0.15) is 0 Å². The molecule has 1 atom stereocenters. The molecular weight excluding hydrogens is 300 g/mol. The molecule has 0 bridgehead atoms. The number of para-hydroxylation sites is 1. The number of carbonyl (C=O) groups excluding carboxylic acids is 1. The Balaban J connectivity index is 1.70. The second-order valence-electron chi connectivity index (χ2n) is 5.28. The average Bonchev–Trinajstić information content (AvgIpc) is 3.05. The predicted molar refractivity (Wildman–Crippen MR) is 84.3 cm³/mol. The minimum Gasteiger partial charge on any atom is -0.493 e. The van der Waals surface area contributed by atoms with E-state index < -0.39 is 0 Å². The third-order valence-electron chi connectivity index (χ3n) is 3.76. The van der Waals surface area contributed by atoms with E-state index in [0.717, 1.165) is 22.1 Å². The average molecular weight is 318 g/mol. The lowest BCUT2D eigenvalue weighted by Crippen LogP contribution is -2.38. The van der Waals surface area contributed by atoms with Crippen molar-refractivity contribution in [3.8, 4) is 11.5 Å². The Labute approximate surface area is 133 Å². The van der Waals surface area contributed by atoms with Crippen molar-refractivity contribution in [2.24, 2.45) is 5.92 Å². The molecule has 0 aliphatic carbocycles. The van der Waals surface area contributed by atoms with Crippen LogP contribution in [0.3, 0.4) is 0 Å². The summed E-state index contributed by atoms with van der Waals surface area (Å²) in [5.74, 6) is 1.41. The van der Waals surface area contributed by atoms with E-state index in [0.29, 0.717) is 19.6 Å². The molecule has 22 heavy (non-hydrogen) atoms. The lowest BCUT2D eigenvalue weighted by Gasteiger charge is -2.28.